The Morgan fingerprint density at radius 3 is 1.41 bits per heavy atom. The van der Waals surface area contributed by atoms with Crippen LogP contribution in [0.5, 0.6) is 0 Å². The predicted molar refractivity (Wildman–Crippen MR) is 320 cm³/mol. The minimum Gasteiger partial charge on any atom is -0.456 e. The van der Waals surface area contributed by atoms with E-state index in [1.807, 2.05) is 23.5 Å². The third-order valence-corrected chi connectivity index (χ3v) is 17.1. The Balaban J connectivity index is 1.00. The molecule has 0 aliphatic carbocycles. The van der Waals surface area contributed by atoms with Crippen LogP contribution in [-0.2, 0) is 10.8 Å². The van der Waals surface area contributed by atoms with Gasteiger partial charge in [0.1, 0.15) is 22.3 Å². The lowest BCUT2D eigenvalue weighted by atomic mass is 9.33. The summed E-state index contributed by atoms with van der Waals surface area (Å²) >= 11 is 1.88. The van der Waals surface area contributed by atoms with Crippen molar-refractivity contribution in [3.63, 3.8) is 0 Å². The van der Waals surface area contributed by atoms with Crippen LogP contribution in [0.1, 0.15) is 52.7 Å². The van der Waals surface area contributed by atoms with Gasteiger partial charge in [-0.05, 0) is 153 Å². The maximum absolute atomic E-state index is 6.42. The van der Waals surface area contributed by atoms with E-state index in [9.17, 15) is 0 Å². The molecule has 2 aliphatic rings. The summed E-state index contributed by atoms with van der Waals surface area (Å²) in [5, 5.41) is 6.94. The van der Waals surface area contributed by atoms with Gasteiger partial charge in [-0.1, -0.05) is 139 Å². The monoisotopic (exact) mass is 985 g/mol. The molecule has 3 aromatic heterocycles. The highest BCUT2D eigenvalue weighted by atomic mass is 32.1. The lowest BCUT2D eigenvalue weighted by molar-refractivity contribution is 0.590. The molecule has 75 heavy (non-hydrogen) atoms. The zero-order valence-corrected chi connectivity index (χ0v) is 43.6. The first-order valence-electron chi connectivity index (χ1n) is 26.1. The summed E-state index contributed by atoms with van der Waals surface area (Å²) in [7, 11) is 0. The number of hydrogen-bond donors (Lipinski definition) is 0. The Kier molecular flexibility index (Phi) is 9.39. The summed E-state index contributed by atoms with van der Waals surface area (Å²) in [4.78, 5) is 7.48. The number of thiophene rings is 1. The molecule has 0 spiro atoms. The third kappa shape index (κ3) is 6.77. The van der Waals surface area contributed by atoms with E-state index in [1.54, 1.807) is 0 Å². The fourth-order valence-electron chi connectivity index (χ4n) is 12.2. The molecular formula is C68H52BN3O2S. The van der Waals surface area contributed by atoms with Gasteiger partial charge in [0, 0.05) is 87.5 Å². The SMILES string of the molecule is CC(C)(C)c1ccc(N2c3cc(N(c4ccc5oc6ccccc6c5c4)c4ccc5oc6ccccc6c5c4)ccc3B3c4cc5c(cc4N(c4ccc(C(C)(C)C)cc4)c4cccc2c43)sc2ccccc25)cc1. The molecule has 0 atom stereocenters. The predicted octanol–water partition coefficient (Wildman–Crippen LogP) is 18.0. The lowest BCUT2D eigenvalue weighted by Gasteiger charge is -2.44. The van der Waals surface area contributed by atoms with Crippen molar-refractivity contribution in [2.45, 2.75) is 52.4 Å². The Hall–Kier alpha value is -8.52. The number of para-hydroxylation sites is 2. The van der Waals surface area contributed by atoms with Gasteiger partial charge in [0.25, 0.3) is 6.71 Å². The average Bonchev–Trinajstić information content (AvgIpc) is 4.11. The van der Waals surface area contributed by atoms with Crippen molar-refractivity contribution < 1.29 is 8.83 Å². The van der Waals surface area contributed by atoms with E-state index in [0.29, 0.717) is 0 Å². The fraction of sp³-hybridized carbons (Fsp3) is 0.118. The van der Waals surface area contributed by atoms with Crippen molar-refractivity contribution in [2.75, 3.05) is 14.7 Å². The van der Waals surface area contributed by atoms with Crippen LogP contribution in [0.25, 0.3) is 64.0 Å². The number of furan rings is 2. The Bertz CT molecular complexity index is 4360. The van der Waals surface area contributed by atoms with Crippen molar-refractivity contribution in [2.24, 2.45) is 0 Å². The zero-order valence-electron chi connectivity index (χ0n) is 42.8. The first-order valence-corrected chi connectivity index (χ1v) is 26.9. The van der Waals surface area contributed by atoms with Crippen LogP contribution in [0.15, 0.2) is 215 Å². The molecule has 360 valence electrons. The molecule has 2 aliphatic heterocycles. The number of nitrogens with zero attached hydrogens (tertiary/aromatic N) is 3. The zero-order chi connectivity index (χ0) is 50.5. The molecule has 0 N–H and O–H groups in total. The summed E-state index contributed by atoms with van der Waals surface area (Å²) < 4.78 is 15.4. The van der Waals surface area contributed by atoms with Gasteiger partial charge in [-0.3, -0.25) is 0 Å². The van der Waals surface area contributed by atoms with Crippen LogP contribution in [0.3, 0.4) is 0 Å². The first-order chi connectivity index (χ1) is 36.4. The Morgan fingerprint density at radius 1 is 0.373 bits per heavy atom. The molecule has 0 fully saturated rings. The lowest BCUT2D eigenvalue weighted by Crippen LogP contribution is -2.61. The summed E-state index contributed by atoms with van der Waals surface area (Å²) in [5.74, 6) is 0. The molecule has 0 amide bonds. The van der Waals surface area contributed by atoms with Crippen LogP contribution in [0.4, 0.5) is 51.2 Å². The molecule has 7 heteroatoms. The summed E-state index contributed by atoms with van der Waals surface area (Å²) in [6.45, 7) is 13.7. The van der Waals surface area contributed by atoms with Crippen LogP contribution in [0, 0.1) is 0 Å². The number of anilines is 9. The molecule has 0 unspecified atom stereocenters. The molecule has 13 aromatic rings. The molecule has 5 heterocycles. The molecule has 10 aromatic carbocycles. The van der Waals surface area contributed by atoms with E-state index in [2.05, 4.69) is 250 Å². The third-order valence-electron chi connectivity index (χ3n) is 16.0. The van der Waals surface area contributed by atoms with Gasteiger partial charge in [-0.25, -0.2) is 0 Å². The highest BCUT2D eigenvalue weighted by Crippen LogP contribution is 2.49. The number of hydrogen-bond acceptors (Lipinski definition) is 6. The van der Waals surface area contributed by atoms with E-state index in [-0.39, 0.29) is 17.5 Å². The second-order valence-corrected chi connectivity index (χ2v) is 23.6. The first kappa shape index (κ1) is 44.0. The van der Waals surface area contributed by atoms with Crippen molar-refractivity contribution in [3.8, 4) is 0 Å². The van der Waals surface area contributed by atoms with Gasteiger partial charge >= 0.3 is 0 Å². The largest absolute Gasteiger partial charge is 0.456 e. The van der Waals surface area contributed by atoms with Gasteiger partial charge in [0.05, 0.1) is 0 Å². The van der Waals surface area contributed by atoms with Crippen molar-refractivity contribution in [1.29, 1.82) is 0 Å². The van der Waals surface area contributed by atoms with Crippen molar-refractivity contribution >= 4 is 150 Å². The summed E-state index contributed by atoms with van der Waals surface area (Å²) in [5.41, 5.74) is 20.1. The van der Waals surface area contributed by atoms with Crippen LogP contribution in [-0.4, -0.2) is 6.71 Å². The minimum absolute atomic E-state index is 0.00421. The molecule has 0 bridgehead atoms. The van der Waals surface area contributed by atoms with E-state index < -0.39 is 0 Å². The molecular weight excluding hydrogens is 934 g/mol. The second kappa shape index (κ2) is 16.0. The average molecular weight is 986 g/mol. The van der Waals surface area contributed by atoms with Gasteiger partial charge in [-0.2, -0.15) is 0 Å². The maximum Gasteiger partial charge on any atom is 0.252 e. The molecule has 15 rings (SSSR count). The van der Waals surface area contributed by atoms with E-state index in [0.717, 1.165) is 78.0 Å². The van der Waals surface area contributed by atoms with Crippen LogP contribution in [0.2, 0.25) is 0 Å². The van der Waals surface area contributed by atoms with Gasteiger partial charge < -0.3 is 23.5 Å². The molecule has 0 saturated carbocycles. The van der Waals surface area contributed by atoms with E-state index in [4.69, 9.17) is 8.83 Å². The van der Waals surface area contributed by atoms with E-state index in [1.165, 1.54) is 64.7 Å². The summed E-state index contributed by atoms with van der Waals surface area (Å²) in [6.07, 6.45) is 0. The standard InChI is InChI=1S/C68H52BN3O2S/c1-67(2,3)41-22-26-43(27-23-41)71-56-17-13-18-57-66(56)69(55-39-53-50-16-9-12-21-64(50)75-65(53)40-59(55)72(57)44-28-24-42(25-29-44)68(4,5)6)54-33-30-47(38-58(54)71)70(45-31-34-62-51(36-45)48-14-7-10-19-60(48)73-62)46-32-35-63-52(37-46)49-15-8-11-20-61(49)74-63/h7-40H,1-6H3. The second-order valence-electron chi connectivity index (χ2n) is 22.5. The molecule has 5 nitrogen and oxygen atoms in total. The number of rotatable bonds is 5. The normalized spacial score (nSPS) is 13.4. The Labute approximate surface area is 440 Å². The van der Waals surface area contributed by atoms with Crippen molar-refractivity contribution in [1.82, 2.24) is 0 Å². The summed E-state index contributed by atoms with van der Waals surface area (Å²) in [6, 6.07) is 76.5. The molecule has 0 saturated heterocycles. The van der Waals surface area contributed by atoms with Gasteiger partial charge in [-0.15, -0.1) is 11.3 Å². The van der Waals surface area contributed by atoms with Crippen molar-refractivity contribution in [3.05, 3.63) is 217 Å². The fourth-order valence-corrected chi connectivity index (χ4v) is 13.3. The number of fused-ring (bicyclic) bond motifs is 13. The number of benzene rings is 10. The topological polar surface area (TPSA) is 36.0 Å². The van der Waals surface area contributed by atoms with Crippen LogP contribution >= 0.6 is 11.3 Å². The van der Waals surface area contributed by atoms with Crippen LogP contribution < -0.4 is 31.1 Å². The molecule has 0 radical (unpaired) electrons. The Morgan fingerprint density at radius 2 is 0.853 bits per heavy atom. The smallest absolute Gasteiger partial charge is 0.252 e. The van der Waals surface area contributed by atoms with E-state index >= 15 is 0 Å². The van der Waals surface area contributed by atoms with Gasteiger partial charge in [0.2, 0.25) is 0 Å². The quantitative estimate of drug-likeness (QED) is 0.161. The van der Waals surface area contributed by atoms with Gasteiger partial charge in [0.15, 0.2) is 0 Å². The maximum atomic E-state index is 6.42. The highest BCUT2D eigenvalue weighted by Gasteiger charge is 2.44. The highest BCUT2D eigenvalue weighted by molar-refractivity contribution is 7.26. The minimum atomic E-state index is -0.0655.